The zero-order chi connectivity index (χ0) is 13.0. The molecule has 1 N–H and O–H groups in total. The SMILES string of the molecule is CCn1cc(NCc2cccc(OC)c2)c(C)n1. The first-order valence-electron chi connectivity index (χ1n) is 6.13. The molecule has 1 aromatic heterocycles. The van der Waals surface area contributed by atoms with Crippen molar-refractivity contribution in [1.82, 2.24) is 9.78 Å². The Hall–Kier alpha value is -1.97. The van der Waals surface area contributed by atoms with E-state index in [1.807, 2.05) is 36.0 Å². The molecule has 0 radical (unpaired) electrons. The fourth-order valence-electron chi connectivity index (χ4n) is 1.83. The lowest BCUT2D eigenvalue weighted by molar-refractivity contribution is 0.414. The van der Waals surface area contributed by atoms with Crippen molar-refractivity contribution in [3.05, 3.63) is 41.7 Å². The summed E-state index contributed by atoms with van der Waals surface area (Å²) >= 11 is 0. The van der Waals surface area contributed by atoms with Gasteiger partial charge < -0.3 is 10.1 Å². The van der Waals surface area contributed by atoms with Crippen molar-refractivity contribution in [3.8, 4) is 5.75 Å². The van der Waals surface area contributed by atoms with Crippen LogP contribution >= 0.6 is 0 Å². The maximum absolute atomic E-state index is 5.21. The highest BCUT2D eigenvalue weighted by Crippen LogP contribution is 2.16. The normalized spacial score (nSPS) is 10.4. The van der Waals surface area contributed by atoms with E-state index in [9.17, 15) is 0 Å². The van der Waals surface area contributed by atoms with Crippen molar-refractivity contribution >= 4 is 5.69 Å². The molecule has 1 aromatic carbocycles. The zero-order valence-corrected chi connectivity index (χ0v) is 11.1. The fourth-order valence-corrected chi connectivity index (χ4v) is 1.83. The molecule has 0 aliphatic heterocycles. The highest BCUT2D eigenvalue weighted by Gasteiger charge is 2.03. The number of rotatable bonds is 5. The maximum atomic E-state index is 5.21. The van der Waals surface area contributed by atoms with Gasteiger partial charge in [0.05, 0.1) is 18.5 Å². The molecule has 0 saturated heterocycles. The van der Waals surface area contributed by atoms with Gasteiger partial charge in [-0.15, -0.1) is 0 Å². The van der Waals surface area contributed by atoms with Crippen LogP contribution in [0.3, 0.4) is 0 Å². The first kappa shape index (κ1) is 12.5. The van der Waals surface area contributed by atoms with E-state index in [2.05, 4.69) is 23.4 Å². The minimum Gasteiger partial charge on any atom is -0.497 e. The van der Waals surface area contributed by atoms with Gasteiger partial charge in [-0.3, -0.25) is 4.68 Å². The summed E-state index contributed by atoms with van der Waals surface area (Å²) in [7, 11) is 1.68. The Kier molecular flexibility index (Phi) is 3.87. The topological polar surface area (TPSA) is 39.1 Å². The van der Waals surface area contributed by atoms with Gasteiger partial charge >= 0.3 is 0 Å². The van der Waals surface area contributed by atoms with E-state index < -0.39 is 0 Å². The summed E-state index contributed by atoms with van der Waals surface area (Å²) < 4.78 is 7.14. The molecule has 0 saturated carbocycles. The monoisotopic (exact) mass is 245 g/mol. The number of ether oxygens (including phenoxy) is 1. The molecular formula is C14H19N3O. The lowest BCUT2D eigenvalue weighted by Gasteiger charge is -2.06. The second-order valence-electron chi connectivity index (χ2n) is 4.19. The predicted molar refractivity (Wildman–Crippen MR) is 73.0 cm³/mol. The Morgan fingerprint density at radius 3 is 2.89 bits per heavy atom. The van der Waals surface area contributed by atoms with Gasteiger partial charge in [0.1, 0.15) is 5.75 Å². The van der Waals surface area contributed by atoms with E-state index >= 15 is 0 Å². The van der Waals surface area contributed by atoms with Crippen LogP contribution in [0.15, 0.2) is 30.5 Å². The summed E-state index contributed by atoms with van der Waals surface area (Å²) in [4.78, 5) is 0. The molecule has 96 valence electrons. The number of nitrogens with zero attached hydrogens (tertiary/aromatic N) is 2. The average molecular weight is 245 g/mol. The standard InChI is InChI=1S/C14H19N3O/c1-4-17-10-14(11(2)16-17)15-9-12-6-5-7-13(8-12)18-3/h5-8,10,15H,4,9H2,1-3H3. The van der Waals surface area contributed by atoms with Crippen molar-refractivity contribution in [1.29, 1.82) is 0 Å². The van der Waals surface area contributed by atoms with Gasteiger partial charge in [0, 0.05) is 19.3 Å². The van der Waals surface area contributed by atoms with E-state index in [-0.39, 0.29) is 0 Å². The van der Waals surface area contributed by atoms with Crippen LogP contribution in [0.2, 0.25) is 0 Å². The van der Waals surface area contributed by atoms with E-state index in [1.165, 1.54) is 5.56 Å². The van der Waals surface area contributed by atoms with Crippen LogP contribution in [0.4, 0.5) is 5.69 Å². The summed E-state index contributed by atoms with van der Waals surface area (Å²) in [5, 5.41) is 7.80. The van der Waals surface area contributed by atoms with E-state index in [1.54, 1.807) is 7.11 Å². The van der Waals surface area contributed by atoms with Crippen molar-refractivity contribution in [2.75, 3.05) is 12.4 Å². The molecule has 0 aliphatic rings. The molecular weight excluding hydrogens is 226 g/mol. The van der Waals surface area contributed by atoms with Gasteiger partial charge in [-0.1, -0.05) is 12.1 Å². The van der Waals surface area contributed by atoms with Gasteiger partial charge in [0.2, 0.25) is 0 Å². The van der Waals surface area contributed by atoms with Crippen LogP contribution in [0.5, 0.6) is 5.75 Å². The van der Waals surface area contributed by atoms with Gasteiger partial charge in [-0.2, -0.15) is 5.10 Å². The fraction of sp³-hybridized carbons (Fsp3) is 0.357. The van der Waals surface area contributed by atoms with Crippen molar-refractivity contribution < 1.29 is 4.74 Å². The number of aromatic nitrogens is 2. The maximum Gasteiger partial charge on any atom is 0.119 e. The van der Waals surface area contributed by atoms with Crippen LogP contribution in [0.1, 0.15) is 18.2 Å². The van der Waals surface area contributed by atoms with Crippen LogP contribution < -0.4 is 10.1 Å². The quantitative estimate of drug-likeness (QED) is 0.880. The molecule has 0 bridgehead atoms. The van der Waals surface area contributed by atoms with Crippen molar-refractivity contribution in [2.45, 2.75) is 26.9 Å². The van der Waals surface area contributed by atoms with Crippen molar-refractivity contribution in [2.24, 2.45) is 0 Å². The smallest absolute Gasteiger partial charge is 0.119 e. The minimum absolute atomic E-state index is 0.771. The largest absolute Gasteiger partial charge is 0.497 e. The molecule has 0 fully saturated rings. The number of hydrogen-bond donors (Lipinski definition) is 1. The molecule has 0 spiro atoms. The molecule has 2 aromatic rings. The highest BCUT2D eigenvalue weighted by atomic mass is 16.5. The molecule has 2 rings (SSSR count). The van der Waals surface area contributed by atoms with E-state index in [4.69, 9.17) is 4.74 Å². The molecule has 0 aliphatic carbocycles. The summed E-state index contributed by atoms with van der Waals surface area (Å²) in [6, 6.07) is 8.06. The van der Waals surface area contributed by atoms with E-state index in [0.717, 1.165) is 30.2 Å². The Morgan fingerprint density at radius 2 is 2.22 bits per heavy atom. The number of aryl methyl sites for hydroxylation is 2. The van der Waals surface area contributed by atoms with Gasteiger partial charge in [0.25, 0.3) is 0 Å². The Balaban J connectivity index is 2.03. The Labute approximate surface area is 108 Å². The van der Waals surface area contributed by atoms with E-state index in [0.29, 0.717) is 0 Å². The molecule has 4 nitrogen and oxygen atoms in total. The molecule has 0 amide bonds. The average Bonchev–Trinajstić information content (AvgIpc) is 2.77. The zero-order valence-electron chi connectivity index (χ0n) is 11.1. The van der Waals surface area contributed by atoms with Crippen LogP contribution in [0.25, 0.3) is 0 Å². The first-order valence-corrected chi connectivity index (χ1v) is 6.13. The second-order valence-corrected chi connectivity index (χ2v) is 4.19. The Bertz CT molecular complexity index is 520. The number of nitrogens with one attached hydrogen (secondary N) is 1. The highest BCUT2D eigenvalue weighted by molar-refractivity contribution is 5.46. The lowest BCUT2D eigenvalue weighted by atomic mass is 10.2. The number of anilines is 1. The third-order valence-electron chi connectivity index (χ3n) is 2.89. The van der Waals surface area contributed by atoms with Gasteiger partial charge in [-0.05, 0) is 31.5 Å². The summed E-state index contributed by atoms with van der Waals surface area (Å²) in [6.07, 6.45) is 2.04. The van der Waals surface area contributed by atoms with Crippen LogP contribution in [-0.4, -0.2) is 16.9 Å². The summed E-state index contributed by atoms with van der Waals surface area (Å²) in [5.41, 5.74) is 3.30. The lowest BCUT2D eigenvalue weighted by Crippen LogP contribution is -2.00. The summed E-state index contributed by atoms with van der Waals surface area (Å²) in [6.45, 7) is 5.76. The van der Waals surface area contributed by atoms with Gasteiger partial charge in [-0.25, -0.2) is 0 Å². The minimum atomic E-state index is 0.771. The third-order valence-corrected chi connectivity index (χ3v) is 2.89. The number of benzene rings is 1. The van der Waals surface area contributed by atoms with Crippen LogP contribution in [-0.2, 0) is 13.1 Å². The third kappa shape index (κ3) is 2.83. The van der Waals surface area contributed by atoms with Gasteiger partial charge in [0.15, 0.2) is 0 Å². The first-order chi connectivity index (χ1) is 8.72. The molecule has 4 heteroatoms. The molecule has 0 atom stereocenters. The molecule has 1 heterocycles. The predicted octanol–water partition coefficient (Wildman–Crippen LogP) is 2.83. The number of methoxy groups -OCH3 is 1. The second kappa shape index (κ2) is 5.58. The Morgan fingerprint density at radius 1 is 1.39 bits per heavy atom. The molecule has 0 unspecified atom stereocenters. The van der Waals surface area contributed by atoms with Crippen molar-refractivity contribution in [3.63, 3.8) is 0 Å². The number of hydrogen-bond acceptors (Lipinski definition) is 3. The molecule has 18 heavy (non-hydrogen) atoms. The van der Waals surface area contributed by atoms with Crippen LogP contribution in [0, 0.1) is 6.92 Å². The summed E-state index contributed by atoms with van der Waals surface area (Å²) in [5.74, 6) is 0.885.